The van der Waals surface area contributed by atoms with Crippen molar-refractivity contribution in [2.24, 2.45) is 0 Å². The summed E-state index contributed by atoms with van der Waals surface area (Å²) in [7, 11) is 3.02. The fourth-order valence-corrected chi connectivity index (χ4v) is 2.56. The summed E-state index contributed by atoms with van der Waals surface area (Å²) in [4.78, 5) is 11.7. The minimum absolute atomic E-state index is 0.167. The topological polar surface area (TPSA) is 48.7 Å². The van der Waals surface area contributed by atoms with Crippen molar-refractivity contribution < 1.29 is 18.7 Å². The van der Waals surface area contributed by atoms with E-state index >= 15 is 0 Å². The van der Waals surface area contributed by atoms with Gasteiger partial charge in [0.05, 0.1) is 26.9 Å². The van der Waals surface area contributed by atoms with Crippen LogP contribution in [-0.2, 0) is 16.0 Å². The molecule has 4 nitrogen and oxygen atoms in total. The van der Waals surface area contributed by atoms with Crippen LogP contribution in [0.2, 0.25) is 0 Å². The molecular formula is C18H16O4. The summed E-state index contributed by atoms with van der Waals surface area (Å²) in [5, 5.41) is 0. The minimum atomic E-state index is -0.296. The van der Waals surface area contributed by atoms with E-state index in [1.54, 1.807) is 13.4 Å². The largest absolute Gasteiger partial charge is 0.497 e. The summed E-state index contributed by atoms with van der Waals surface area (Å²) < 4.78 is 15.7. The zero-order chi connectivity index (χ0) is 15.5. The summed E-state index contributed by atoms with van der Waals surface area (Å²) in [5.41, 5.74) is 3.72. The monoisotopic (exact) mass is 296 g/mol. The molecule has 1 aliphatic heterocycles. The molecule has 1 aliphatic carbocycles. The Labute approximate surface area is 128 Å². The Morgan fingerprint density at radius 1 is 1.09 bits per heavy atom. The predicted octanol–water partition coefficient (Wildman–Crippen LogP) is 3.78. The van der Waals surface area contributed by atoms with Crippen LogP contribution in [0, 0.1) is 0 Å². The predicted molar refractivity (Wildman–Crippen MR) is 83.0 cm³/mol. The van der Waals surface area contributed by atoms with Gasteiger partial charge in [0.15, 0.2) is 0 Å². The minimum Gasteiger partial charge on any atom is -0.497 e. The molecule has 0 radical (unpaired) electrons. The molecule has 1 aromatic carbocycles. The number of hydrogen-bond donors (Lipinski definition) is 0. The second-order valence-corrected chi connectivity index (χ2v) is 4.92. The molecule has 1 heterocycles. The number of hydrogen-bond acceptors (Lipinski definition) is 4. The average molecular weight is 296 g/mol. The van der Waals surface area contributed by atoms with Gasteiger partial charge in [-0.3, -0.25) is 4.79 Å². The van der Waals surface area contributed by atoms with E-state index in [-0.39, 0.29) is 12.4 Å². The van der Waals surface area contributed by atoms with Gasteiger partial charge in [0.1, 0.15) is 11.5 Å². The first-order chi connectivity index (χ1) is 10.7. The zero-order valence-electron chi connectivity index (χ0n) is 12.5. The van der Waals surface area contributed by atoms with Gasteiger partial charge in [0.25, 0.3) is 0 Å². The fraction of sp³-hybridized carbons (Fsp3) is 0.167. The molecule has 22 heavy (non-hydrogen) atoms. The number of rotatable bonds is 4. The molecule has 0 aromatic heterocycles. The Balaban J connectivity index is 2.16. The first-order valence-corrected chi connectivity index (χ1v) is 6.93. The fourth-order valence-electron chi connectivity index (χ4n) is 2.56. The Bertz CT molecular complexity index is 772. The molecule has 0 amide bonds. The van der Waals surface area contributed by atoms with Crippen LogP contribution in [0.5, 0.6) is 5.75 Å². The van der Waals surface area contributed by atoms with Gasteiger partial charge in [-0.2, -0.15) is 0 Å². The Morgan fingerprint density at radius 3 is 2.68 bits per heavy atom. The third-order valence-corrected chi connectivity index (χ3v) is 3.63. The number of carbonyl (C=O) groups excluding carboxylic acids is 1. The highest BCUT2D eigenvalue weighted by molar-refractivity contribution is 5.87. The summed E-state index contributed by atoms with van der Waals surface area (Å²) in [6.07, 6.45) is 1.78. The molecule has 2 aliphatic rings. The lowest BCUT2D eigenvalue weighted by atomic mass is 10.0. The van der Waals surface area contributed by atoms with Crippen LogP contribution in [-0.4, -0.2) is 20.2 Å². The van der Waals surface area contributed by atoms with Gasteiger partial charge >= 0.3 is 5.97 Å². The van der Waals surface area contributed by atoms with E-state index in [4.69, 9.17) is 13.9 Å². The van der Waals surface area contributed by atoms with Crippen LogP contribution in [0.15, 0.2) is 53.1 Å². The van der Waals surface area contributed by atoms with Crippen LogP contribution in [0.3, 0.4) is 0 Å². The highest BCUT2D eigenvalue weighted by Gasteiger charge is 2.21. The number of carbonyl (C=O) groups is 1. The van der Waals surface area contributed by atoms with Gasteiger partial charge in [-0.05, 0) is 41.5 Å². The lowest BCUT2D eigenvalue weighted by Gasteiger charge is -2.07. The molecule has 112 valence electrons. The van der Waals surface area contributed by atoms with Crippen LogP contribution >= 0.6 is 0 Å². The van der Waals surface area contributed by atoms with Crippen LogP contribution in [0.25, 0.3) is 22.5 Å². The molecule has 0 atom stereocenters. The smallest absolute Gasteiger partial charge is 0.310 e. The number of esters is 1. The van der Waals surface area contributed by atoms with Crippen LogP contribution in [0.4, 0.5) is 0 Å². The maximum Gasteiger partial charge on any atom is 0.310 e. The standard InChI is InChI=1S/C18H16O4/c1-20-14-7-3-5-12(9-14)15-10-13-6-4-8-22-18(13)16(15)11-17(19)21-2/h3-10H,11H2,1-2H3. The van der Waals surface area contributed by atoms with Crippen molar-refractivity contribution in [1.82, 2.24) is 0 Å². The van der Waals surface area contributed by atoms with Crippen molar-refractivity contribution in [3.05, 3.63) is 54.3 Å². The van der Waals surface area contributed by atoms with E-state index in [9.17, 15) is 4.79 Å². The summed E-state index contributed by atoms with van der Waals surface area (Å²) >= 11 is 0. The Morgan fingerprint density at radius 2 is 1.91 bits per heavy atom. The first kappa shape index (κ1) is 14.2. The molecule has 3 rings (SSSR count). The molecule has 0 spiro atoms. The summed E-state index contributed by atoms with van der Waals surface area (Å²) in [6, 6.07) is 13.5. The number of ether oxygens (including phenoxy) is 2. The lowest BCUT2D eigenvalue weighted by molar-refractivity contribution is -0.139. The van der Waals surface area contributed by atoms with Crippen molar-refractivity contribution in [2.45, 2.75) is 6.42 Å². The normalized spacial score (nSPS) is 10.6. The first-order valence-electron chi connectivity index (χ1n) is 6.93. The average Bonchev–Trinajstić information content (AvgIpc) is 2.93. The maximum absolute atomic E-state index is 11.7. The highest BCUT2D eigenvalue weighted by Crippen LogP contribution is 2.39. The Kier molecular flexibility index (Phi) is 3.83. The molecule has 4 heteroatoms. The SMILES string of the molecule is COC(=O)Cc1c(-c2cccc(OC)c2)cc2cccoc1-2. The van der Waals surface area contributed by atoms with E-state index in [2.05, 4.69) is 0 Å². The maximum atomic E-state index is 11.7. The van der Waals surface area contributed by atoms with Crippen molar-refractivity contribution in [3.63, 3.8) is 0 Å². The van der Waals surface area contributed by atoms with Crippen molar-refractivity contribution >= 4 is 5.97 Å². The van der Waals surface area contributed by atoms with Crippen LogP contribution in [0.1, 0.15) is 5.56 Å². The van der Waals surface area contributed by atoms with E-state index in [1.807, 2.05) is 42.5 Å². The van der Waals surface area contributed by atoms with Gasteiger partial charge in [-0.1, -0.05) is 12.1 Å². The van der Waals surface area contributed by atoms with E-state index in [1.165, 1.54) is 7.11 Å². The molecule has 0 unspecified atom stereocenters. The summed E-state index contributed by atoms with van der Waals surface area (Å²) in [6.45, 7) is 0. The molecule has 0 N–H and O–H groups in total. The third-order valence-electron chi connectivity index (χ3n) is 3.63. The van der Waals surface area contributed by atoms with Crippen molar-refractivity contribution in [1.29, 1.82) is 0 Å². The molecule has 1 aromatic rings. The summed E-state index contributed by atoms with van der Waals surface area (Å²) in [5.74, 6) is 1.19. The van der Waals surface area contributed by atoms with Gasteiger partial charge in [0, 0.05) is 11.1 Å². The Hall–Kier alpha value is -2.75. The zero-order valence-corrected chi connectivity index (χ0v) is 12.5. The van der Waals surface area contributed by atoms with Crippen molar-refractivity contribution in [3.8, 4) is 28.2 Å². The van der Waals surface area contributed by atoms with Gasteiger partial charge in [-0.15, -0.1) is 0 Å². The van der Waals surface area contributed by atoms with E-state index in [0.29, 0.717) is 5.76 Å². The van der Waals surface area contributed by atoms with Gasteiger partial charge in [-0.25, -0.2) is 0 Å². The van der Waals surface area contributed by atoms with Gasteiger partial charge < -0.3 is 13.9 Å². The number of fused-ring (bicyclic) bond motifs is 1. The van der Waals surface area contributed by atoms with E-state index < -0.39 is 0 Å². The molecule has 0 fully saturated rings. The molecular weight excluding hydrogens is 280 g/mol. The second kappa shape index (κ2) is 5.93. The quantitative estimate of drug-likeness (QED) is 0.688. The van der Waals surface area contributed by atoms with Crippen molar-refractivity contribution in [2.75, 3.05) is 14.2 Å². The molecule has 0 saturated carbocycles. The highest BCUT2D eigenvalue weighted by atomic mass is 16.5. The number of methoxy groups -OCH3 is 2. The number of benzene rings is 1. The van der Waals surface area contributed by atoms with Crippen LogP contribution < -0.4 is 4.74 Å². The second-order valence-electron chi connectivity index (χ2n) is 4.92. The molecule has 0 bridgehead atoms. The van der Waals surface area contributed by atoms with E-state index in [0.717, 1.165) is 28.0 Å². The van der Waals surface area contributed by atoms with Gasteiger partial charge in [0.2, 0.25) is 0 Å². The molecule has 0 saturated heterocycles. The third kappa shape index (κ3) is 2.55. The lowest BCUT2D eigenvalue weighted by Crippen LogP contribution is -2.05.